The van der Waals surface area contributed by atoms with Crippen LogP contribution in [0.2, 0.25) is 0 Å². The van der Waals surface area contributed by atoms with Gasteiger partial charge >= 0.3 is 0 Å². The largest absolute Gasteiger partial charge is 0.496 e. The Hall–Kier alpha value is -3.04. The van der Waals surface area contributed by atoms with Gasteiger partial charge in [0.25, 0.3) is 10.0 Å². The SMILES string of the molecule is COc1cc(C)c(S(=O)(=O)Nc2n[nH]c(CC#N)c2C#N)c(C)c1C. The monoisotopic (exact) mass is 359 g/mol. The second kappa shape index (κ2) is 6.83. The van der Waals surface area contributed by atoms with Crippen LogP contribution in [0.1, 0.15) is 27.9 Å². The molecule has 0 unspecified atom stereocenters. The molecule has 8 nitrogen and oxygen atoms in total. The molecule has 2 aromatic rings. The van der Waals surface area contributed by atoms with Crippen molar-refractivity contribution in [3.8, 4) is 17.9 Å². The summed E-state index contributed by atoms with van der Waals surface area (Å²) in [6.45, 7) is 5.13. The van der Waals surface area contributed by atoms with Crippen molar-refractivity contribution in [3.05, 3.63) is 34.0 Å². The van der Waals surface area contributed by atoms with Crippen LogP contribution in [0.3, 0.4) is 0 Å². The number of benzene rings is 1. The van der Waals surface area contributed by atoms with E-state index in [2.05, 4.69) is 14.9 Å². The van der Waals surface area contributed by atoms with Gasteiger partial charge in [-0.2, -0.15) is 15.6 Å². The smallest absolute Gasteiger partial charge is 0.263 e. The molecular formula is C16H17N5O3S. The van der Waals surface area contributed by atoms with Gasteiger partial charge in [0.2, 0.25) is 0 Å². The van der Waals surface area contributed by atoms with Gasteiger partial charge < -0.3 is 4.74 Å². The number of anilines is 1. The minimum Gasteiger partial charge on any atom is -0.496 e. The average Bonchev–Trinajstić information content (AvgIpc) is 2.91. The van der Waals surface area contributed by atoms with Crippen molar-refractivity contribution < 1.29 is 13.2 Å². The summed E-state index contributed by atoms with van der Waals surface area (Å²) in [6, 6.07) is 5.41. The molecule has 0 fully saturated rings. The van der Waals surface area contributed by atoms with Crippen LogP contribution in [0.15, 0.2) is 11.0 Å². The zero-order chi connectivity index (χ0) is 18.8. The molecule has 0 aliphatic carbocycles. The summed E-state index contributed by atoms with van der Waals surface area (Å²) in [5.41, 5.74) is 2.04. The van der Waals surface area contributed by atoms with E-state index in [9.17, 15) is 13.7 Å². The number of aromatic amines is 1. The molecule has 0 saturated heterocycles. The highest BCUT2D eigenvalue weighted by molar-refractivity contribution is 7.92. The van der Waals surface area contributed by atoms with E-state index in [-0.39, 0.29) is 28.4 Å². The van der Waals surface area contributed by atoms with Gasteiger partial charge in [0.05, 0.1) is 30.2 Å². The molecule has 1 aromatic carbocycles. The Morgan fingerprint density at radius 3 is 2.52 bits per heavy atom. The predicted molar refractivity (Wildman–Crippen MR) is 90.6 cm³/mol. The molecule has 0 amide bonds. The molecule has 0 bridgehead atoms. The van der Waals surface area contributed by atoms with Crippen LogP contribution in [0.25, 0.3) is 0 Å². The second-order valence-corrected chi connectivity index (χ2v) is 7.07. The van der Waals surface area contributed by atoms with Crippen molar-refractivity contribution in [2.45, 2.75) is 32.1 Å². The molecule has 0 saturated carbocycles. The van der Waals surface area contributed by atoms with Crippen molar-refractivity contribution in [3.63, 3.8) is 0 Å². The maximum Gasteiger partial charge on any atom is 0.263 e. The number of rotatable bonds is 5. The summed E-state index contributed by atoms with van der Waals surface area (Å²) >= 11 is 0. The molecule has 2 N–H and O–H groups in total. The number of aromatic nitrogens is 2. The maximum absolute atomic E-state index is 12.9. The van der Waals surface area contributed by atoms with Gasteiger partial charge in [-0.15, -0.1) is 0 Å². The van der Waals surface area contributed by atoms with Gasteiger partial charge in [-0.25, -0.2) is 8.42 Å². The number of nitrogens with one attached hydrogen (secondary N) is 2. The fraction of sp³-hybridized carbons (Fsp3) is 0.312. The number of H-pyrrole nitrogens is 1. The summed E-state index contributed by atoms with van der Waals surface area (Å²) in [7, 11) is -2.46. The third kappa shape index (κ3) is 3.28. The Labute approximate surface area is 146 Å². The number of nitriles is 2. The molecule has 9 heteroatoms. The van der Waals surface area contributed by atoms with Crippen LogP contribution in [-0.2, 0) is 16.4 Å². The van der Waals surface area contributed by atoms with Crippen molar-refractivity contribution >= 4 is 15.8 Å². The van der Waals surface area contributed by atoms with Crippen molar-refractivity contribution in [1.29, 1.82) is 10.5 Å². The summed E-state index contributed by atoms with van der Waals surface area (Å²) in [5.74, 6) is 0.475. The third-order valence-electron chi connectivity index (χ3n) is 3.91. The van der Waals surface area contributed by atoms with E-state index < -0.39 is 10.0 Å². The lowest BCUT2D eigenvalue weighted by Crippen LogP contribution is -2.17. The first-order valence-corrected chi connectivity index (χ1v) is 8.77. The van der Waals surface area contributed by atoms with Gasteiger partial charge in [-0.3, -0.25) is 9.82 Å². The summed E-state index contributed by atoms with van der Waals surface area (Å²) < 4.78 is 33.3. The van der Waals surface area contributed by atoms with E-state index in [4.69, 9.17) is 10.00 Å². The Bertz CT molecular complexity index is 1010. The lowest BCUT2D eigenvalue weighted by Gasteiger charge is -2.16. The summed E-state index contributed by atoms with van der Waals surface area (Å²) in [5, 5.41) is 24.3. The Balaban J connectivity index is 2.54. The predicted octanol–water partition coefficient (Wildman–Crippen LogP) is 2.08. The molecule has 130 valence electrons. The fourth-order valence-corrected chi connectivity index (χ4v) is 4.15. The zero-order valence-corrected chi connectivity index (χ0v) is 15.1. The molecule has 0 spiro atoms. The van der Waals surface area contributed by atoms with Crippen LogP contribution < -0.4 is 9.46 Å². The van der Waals surface area contributed by atoms with Crippen LogP contribution in [0, 0.1) is 43.4 Å². The standard InChI is InChI=1S/C16H17N5O3S/c1-9-7-14(24-4)10(2)11(3)15(9)25(22,23)21-16-12(8-18)13(5-6-17)19-20-16/h7H,5H2,1-4H3,(H2,19,20,21). The fourth-order valence-electron chi connectivity index (χ4n) is 2.60. The molecule has 2 rings (SSSR count). The first-order valence-electron chi connectivity index (χ1n) is 7.28. The quantitative estimate of drug-likeness (QED) is 0.840. The molecule has 1 heterocycles. The van der Waals surface area contributed by atoms with Gasteiger partial charge in [0.1, 0.15) is 17.4 Å². The minimum atomic E-state index is -3.98. The number of methoxy groups -OCH3 is 1. The van der Waals surface area contributed by atoms with E-state index in [1.54, 1.807) is 26.8 Å². The second-order valence-electron chi connectivity index (χ2n) is 5.45. The van der Waals surface area contributed by atoms with E-state index >= 15 is 0 Å². The van der Waals surface area contributed by atoms with Crippen molar-refractivity contribution in [1.82, 2.24) is 10.2 Å². The van der Waals surface area contributed by atoms with Crippen molar-refractivity contribution in [2.24, 2.45) is 0 Å². The van der Waals surface area contributed by atoms with Crippen LogP contribution in [0.5, 0.6) is 5.75 Å². The Kier molecular flexibility index (Phi) is 5.00. The first kappa shape index (κ1) is 18.3. The number of nitrogens with zero attached hydrogens (tertiary/aromatic N) is 3. The number of sulfonamides is 1. The molecule has 0 aliphatic heterocycles. The highest BCUT2D eigenvalue weighted by Gasteiger charge is 2.25. The van der Waals surface area contributed by atoms with Crippen molar-refractivity contribution in [2.75, 3.05) is 11.8 Å². The molecule has 1 aromatic heterocycles. The van der Waals surface area contributed by atoms with E-state index in [0.29, 0.717) is 22.4 Å². The number of ether oxygens (including phenoxy) is 1. The lowest BCUT2D eigenvalue weighted by molar-refractivity contribution is 0.410. The van der Waals surface area contributed by atoms with Crippen LogP contribution in [0.4, 0.5) is 5.82 Å². The van der Waals surface area contributed by atoms with Crippen LogP contribution in [-0.4, -0.2) is 25.7 Å². The van der Waals surface area contributed by atoms with Gasteiger partial charge in [-0.05, 0) is 43.5 Å². The van der Waals surface area contributed by atoms with Gasteiger partial charge in [-0.1, -0.05) is 0 Å². The topological polar surface area (TPSA) is 132 Å². The lowest BCUT2D eigenvalue weighted by atomic mass is 10.1. The van der Waals surface area contributed by atoms with Gasteiger partial charge in [0, 0.05) is 0 Å². The molecule has 0 aliphatic rings. The van der Waals surface area contributed by atoms with Gasteiger partial charge in [0.15, 0.2) is 5.82 Å². The number of aryl methyl sites for hydroxylation is 1. The normalized spacial score (nSPS) is 10.8. The van der Waals surface area contributed by atoms with E-state index in [1.165, 1.54) is 7.11 Å². The third-order valence-corrected chi connectivity index (χ3v) is 5.53. The summed E-state index contributed by atoms with van der Waals surface area (Å²) in [4.78, 5) is 0.111. The average molecular weight is 359 g/mol. The molecule has 0 atom stereocenters. The Morgan fingerprint density at radius 2 is 1.96 bits per heavy atom. The number of hydrogen-bond acceptors (Lipinski definition) is 6. The minimum absolute atomic E-state index is 0.00525. The van der Waals surface area contributed by atoms with E-state index in [1.807, 2.05) is 12.1 Å². The Morgan fingerprint density at radius 1 is 1.28 bits per heavy atom. The van der Waals surface area contributed by atoms with E-state index in [0.717, 1.165) is 0 Å². The highest BCUT2D eigenvalue weighted by Crippen LogP contribution is 2.32. The number of hydrogen-bond donors (Lipinski definition) is 2. The molecular weight excluding hydrogens is 342 g/mol. The van der Waals surface area contributed by atoms with Crippen LogP contribution >= 0.6 is 0 Å². The molecule has 0 radical (unpaired) electrons. The first-order chi connectivity index (χ1) is 11.8. The summed E-state index contributed by atoms with van der Waals surface area (Å²) in [6.07, 6.45) is -0.0721. The zero-order valence-electron chi connectivity index (χ0n) is 14.3. The molecule has 25 heavy (non-hydrogen) atoms. The maximum atomic E-state index is 12.9. The highest BCUT2D eigenvalue weighted by atomic mass is 32.2.